The Hall–Kier alpha value is -2.42. The van der Waals surface area contributed by atoms with Crippen molar-refractivity contribution in [2.45, 2.75) is 0 Å². The minimum absolute atomic E-state index is 0.0235. The lowest BCUT2D eigenvalue weighted by Crippen LogP contribution is -1.74. The molecule has 2 aromatic rings. The van der Waals surface area contributed by atoms with Crippen molar-refractivity contribution >= 4 is 12.2 Å². The highest BCUT2D eigenvalue weighted by Crippen LogP contribution is 2.22. The van der Waals surface area contributed by atoms with Crippen LogP contribution in [0.15, 0.2) is 42.5 Å². The second kappa shape index (κ2) is 4.61. The first-order chi connectivity index (χ1) is 8.13. The molecule has 0 unspecified atom stereocenters. The van der Waals surface area contributed by atoms with Gasteiger partial charge in [-0.05, 0) is 35.4 Å². The molecule has 17 heavy (non-hydrogen) atoms. The van der Waals surface area contributed by atoms with Gasteiger partial charge in [-0.25, -0.2) is 0 Å². The Bertz CT molecular complexity index is 522. The van der Waals surface area contributed by atoms with E-state index in [0.717, 1.165) is 5.56 Å². The molecule has 3 N–H and O–H groups in total. The zero-order chi connectivity index (χ0) is 12.3. The molecule has 0 aliphatic heterocycles. The Morgan fingerprint density at radius 1 is 0.588 bits per heavy atom. The van der Waals surface area contributed by atoms with E-state index in [1.807, 2.05) is 6.08 Å². The summed E-state index contributed by atoms with van der Waals surface area (Å²) in [6, 6.07) is 11.1. The van der Waals surface area contributed by atoms with Crippen LogP contribution < -0.4 is 0 Å². The number of rotatable bonds is 2. The lowest BCUT2D eigenvalue weighted by Gasteiger charge is -1.98. The number of benzene rings is 2. The summed E-state index contributed by atoms with van der Waals surface area (Å²) < 4.78 is 0. The minimum Gasteiger partial charge on any atom is -0.508 e. The third-order valence-corrected chi connectivity index (χ3v) is 2.29. The molecule has 0 bridgehead atoms. The molecule has 0 aromatic heterocycles. The summed E-state index contributed by atoms with van der Waals surface area (Å²) in [6.07, 6.45) is 3.60. The summed E-state index contributed by atoms with van der Waals surface area (Å²) in [4.78, 5) is 0. The summed E-state index contributed by atoms with van der Waals surface area (Å²) in [5, 5.41) is 27.7. The van der Waals surface area contributed by atoms with Crippen LogP contribution in [0.1, 0.15) is 11.1 Å². The number of hydrogen-bond acceptors (Lipinski definition) is 3. The lowest BCUT2D eigenvalue weighted by atomic mass is 10.2. The van der Waals surface area contributed by atoms with Gasteiger partial charge in [0.2, 0.25) is 0 Å². The molecule has 0 aliphatic carbocycles. The molecule has 0 atom stereocenters. The second-order valence-electron chi connectivity index (χ2n) is 3.71. The Morgan fingerprint density at radius 2 is 1.12 bits per heavy atom. The Labute approximate surface area is 98.9 Å². The van der Waals surface area contributed by atoms with Crippen LogP contribution in [-0.2, 0) is 0 Å². The topological polar surface area (TPSA) is 60.7 Å². The molecule has 3 heteroatoms. The largest absolute Gasteiger partial charge is 0.508 e. The van der Waals surface area contributed by atoms with Crippen molar-refractivity contribution in [1.29, 1.82) is 0 Å². The third kappa shape index (κ3) is 3.01. The van der Waals surface area contributed by atoms with Gasteiger partial charge in [-0.1, -0.05) is 24.3 Å². The fourth-order valence-corrected chi connectivity index (χ4v) is 1.49. The zero-order valence-corrected chi connectivity index (χ0v) is 9.04. The van der Waals surface area contributed by atoms with Crippen LogP contribution in [0.3, 0.4) is 0 Å². The number of phenols is 3. The predicted molar refractivity (Wildman–Crippen MR) is 66.8 cm³/mol. The Morgan fingerprint density at radius 3 is 1.71 bits per heavy atom. The summed E-state index contributed by atoms with van der Waals surface area (Å²) in [6.45, 7) is 0. The molecule has 0 heterocycles. The number of aromatic hydroxyl groups is 3. The van der Waals surface area contributed by atoms with Crippen molar-refractivity contribution in [3.05, 3.63) is 53.6 Å². The van der Waals surface area contributed by atoms with Crippen molar-refractivity contribution in [3.63, 3.8) is 0 Å². The van der Waals surface area contributed by atoms with Crippen LogP contribution >= 0.6 is 0 Å². The quantitative estimate of drug-likeness (QED) is 0.700. The molecular formula is C14H12O3. The van der Waals surface area contributed by atoms with E-state index in [4.69, 9.17) is 5.11 Å². The Kier molecular flexibility index (Phi) is 3.01. The highest BCUT2D eigenvalue weighted by Gasteiger charge is 1.95. The monoisotopic (exact) mass is 234 g/mol. The average molecular weight is 234 g/mol. The SMILES string of the molecule is Oc1cc(O)cc(C=C[13c]2[13cH][13cH][13c](O)[13cH][13cH]2)c1. The summed E-state index contributed by atoms with van der Waals surface area (Å²) in [7, 11) is 0. The number of hydrogen-bond donors (Lipinski definition) is 3. The van der Waals surface area contributed by atoms with Crippen LogP contribution in [-0.4, -0.2) is 15.3 Å². The average Bonchev–Trinajstić information content (AvgIpc) is 2.27. The highest BCUT2D eigenvalue weighted by atomic mass is 16.3. The van der Waals surface area contributed by atoms with E-state index in [-0.39, 0.29) is 17.2 Å². The van der Waals surface area contributed by atoms with Gasteiger partial charge in [0.05, 0.1) is 0 Å². The van der Waals surface area contributed by atoms with Gasteiger partial charge in [-0.2, -0.15) is 0 Å². The van der Waals surface area contributed by atoms with E-state index in [9.17, 15) is 10.2 Å². The summed E-state index contributed by atoms with van der Waals surface area (Å²) >= 11 is 0. The molecule has 0 radical (unpaired) electrons. The van der Waals surface area contributed by atoms with Crippen LogP contribution in [0.2, 0.25) is 0 Å². The van der Waals surface area contributed by atoms with E-state index in [2.05, 4.69) is 0 Å². The van der Waals surface area contributed by atoms with Crippen molar-refractivity contribution < 1.29 is 15.3 Å². The van der Waals surface area contributed by atoms with Gasteiger partial charge >= 0.3 is 0 Å². The molecule has 0 amide bonds. The van der Waals surface area contributed by atoms with Crippen molar-refractivity contribution in [3.8, 4) is 17.2 Å². The fraction of sp³-hybridized carbons (Fsp3) is 0. The van der Waals surface area contributed by atoms with Gasteiger partial charge < -0.3 is 15.3 Å². The summed E-state index contributed by atoms with van der Waals surface area (Å²) in [5.74, 6) is 0.267. The van der Waals surface area contributed by atoms with Crippen molar-refractivity contribution in [1.82, 2.24) is 0 Å². The smallest absolute Gasteiger partial charge is 0.119 e. The molecule has 2 aromatic carbocycles. The fourth-order valence-electron chi connectivity index (χ4n) is 1.49. The van der Waals surface area contributed by atoms with Gasteiger partial charge in [-0.3, -0.25) is 0 Å². The molecule has 3 nitrogen and oxygen atoms in total. The van der Waals surface area contributed by atoms with Crippen molar-refractivity contribution in [2.24, 2.45) is 0 Å². The van der Waals surface area contributed by atoms with E-state index < -0.39 is 0 Å². The van der Waals surface area contributed by atoms with Crippen LogP contribution in [0.25, 0.3) is 12.2 Å². The molecule has 0 saturated heterocycles. The van der Waals surface area contributed by atoms with Crippen LogP contribution in [0.5, 0.6) is 17.2 Å². The van der Waals surface area contributed by atoms with E-state index in [0.29, 0.717) is 5.56 Å². The number of phenolic OH excluding ortho intramolecular Hbond substituents is 3. The van der Waals surface area contributed by atoms with Gasteiger partial charge in [0.1, 0.15) is 17.2 Å². The lowest BCUT2D eigenvalue weighted by molar-refractivity contribution is 0.450. The third-order valence-electron chi connectivity index (χ3n) is 2.29. The van der Waals surface area contributed by atoms with Gasteiger partial charge in [0, 0.05) is 6.07 Å². The van der Waals surface area contributed by atoms with E-state index in [1.165, 1.54) is 6.07 Å². The second-order valence-corrected chi connectivity index (χ2v) is 3.71. The maximum atomic E-state index is 9.30. The Balaban J connectivity index is 2.22. The minimum atomic E-state index is 0.0235. The molecule has 0 saturated carbocycles. The molecule has 0 fully saturated rings. The highest BCUT2D eigenvalue weighted by molar-refractivity contribution is 5.71. The van der Waals surface area contributed by atoms with Gasteiger partial charge in [-0.15, -0.1) is 0 Å². The maximum absolute atomic E-state index is 9.30. The molecular weight excluding hydrogens is 222 g/mol. The molecule has 86 valence electrons. The normalized spacial score (nSPS) is 10.8. The van der Waals surface area contributed by atoms with Gasteiger partial charge in [0.25, 0.3) is 0 Å². The predicted octanol–water partition coefficient (Wildman–Crippen LogP) is 2.97. The van der Waals surface area contributed by atoms with Crippen LogP contribution in [0.4, 0.5) is 0 Å². The summed E-state index contributed by atoms with van der Waals surface area (Å²) in [5.41, 5.74) is 1.63. The first-order valence-corrected chi connectivity index (χ1v) is 5.13. The van der Waals surface area contributed by atoms with Crippen LogP contribution in [0, 0.1) is 0 Å². The molecule has 2 rings (SSSR count). The maximum Gasteiger partial charge on any atom is 0.119 e. The first kappa shape index (κ1) is 11.1. The van der Waals surface area contributed by atoms with Gasteiger partial charge in [0.15, 0.2) is 0 Å². The van der Waals surface area contributed by atoms with Crippen molar-refractivity contribution in [2.75, 3.05) is 0 Å². The molecule has 0 spiro atoms. The standard InChI is InChI=1S/C14H12O3/c15-12-5-3-10(4-6-12)1-2-11-7-13(16)9-14(17)8-11/h1-9,15-17H/i3+1,4+1,5+1,6+1,10+1,12+1. The first-order valence-electron chi connectivity index (χ1n) is 5.13. The van der Waals surface area contributed by atoms with E-state index >= 15 is 0 Å². The molecule has 0 aliphatic rings. The van der Waals surface area contributed by atoms with E-state index in [1.54, 1.807) is 42.5 Å². The zero-order valence-electron chi connectivity index (χ0n) is 9.04.